The summed E-state index contributed by atoms with van der Waals surface area (Å²) in [6.45, 7) is 5.95. The maximum absolute atomic E-state index is 9.16. The molecule has 2 rings (SSSR count). The van der Waals surface area contributed by atoms with Crippen LogP contribution in [0.25, 0.3) is 0 Å². The van der Waals surface area contributed by atoms with Crippen LogP contribution in [-0.4, -0.2) is 0 Å². The molecule has 0 amide bonds. The summed E-state index contributed by atoms with van der Waals surface area (Å²) in [5.41, 5.74) is 2.78. The number of nitriles is 1. The van der Waals surface area contributed by atoms with Gasteiger partial charge in [-0.05, 0) is 56.2 Å². The fourth-order valence-corrected chi connectivity index (χ4v) is 2.26. The Hall–Kier alpha value is -1.98. The maximum atomic E-state index is 9.16. The second kappa shape index (κ2) is 6.20. The first-order chi connectivity index (χ1) is 9.92. The molecule has 0 aromatic heterocycles. The minimum Gasteiger partial charge on any atom is -0.379 e. The zero-order valence-electron chi connectivity index (χ0n) is 12.5. The van der Waals surface area contributed by atoms with Crippen molar-refractivity contribution in [1.82, 2.24) is 0 Å². The smallest absolute Gasteiger partial charge is 0.0766 e. The van der Waals surface area contributed by atoms with Crippen molar-refractivity contribution < 1.29 is 0 Å². The number of nitrogens with one attached hydrogen (secondary N) is 1. The van der Waals surface area contributed by atoms with E-state index in [-0.39, 0.29) is 6.04 Å². The average molecular weight is 299 g/mol. The molecule has 1 atom stereocenters. The molecule has 0 bridgehead atoms. The molecule has 2 aromatic rings. The lowest BCUT2D eigenvalue weighted by molar-refractivity contribution is 0.687. The van der Waals surface area contributed by atoms with Crippen molar-refractivity contribution in [2.45, 2.75) is 32.2 Å². The maximum Gasteiger partial charge on any atom is 0.0766 e. The zero-order valence-corrected chi connectivity index (χ0v) is 13.3. The van der Waals surface area contributed by atoms with Crippen LogP contribution in [0, 0.1) is 11.3 Å². The Labute approximate surface area is 131 Å². The van der Waals surface area contributed by atoms with Gasteiger partial charge >= 0.3 is 0 Å². The molecule has 21 heavy (non-hydrogen) atoms. The van der Waals surface area contributed by atoms with Gasteiger partial charge in [-0.15, -0.1) is 0 Å². The lowest BCUT2D eigenvalue weighted by Crippen LogP contribution is -2.13. The Morgan fingerprint density at radius 2 is 1.62 bits per heavy atom. The van der Waals surface area contributed by atoms with Gasteiger partial charge in [0.2, 0.25) is 0 Å². The lowest BCUT2D eigenvalue weighted by Gasteiger charge is -2.19. The van der Waals surface area contributed by atoms with Crippen LogP contribution < -0.4 is 5.32 Å². The molecule has 2 nitrogen and oxygen atoms in total. The lowest BCUT2D eigenvalue weighted by atomic mass is 9.86. The summed E-state index contributed by atoms with van der Waals surface area (Å²) < 4.78 is 0. The van der Waals surface area contributed by atoms with Crippen molar-refractivity contribution >= 4 is 17.3 Å². The first-order valence-corrected chi connectivity index (χ1v) is 7.34. The molecule has 0 aliphatic carbocycles. The first kappa shape index (κ1) is 15.4. The average Bonchev–Trinajstić information content (AvgIpc) is 2.48. The molecule has 1 unspecified atom stereocenters. The van der Waals surface area contributed by atoms with Crippen LogP contribution in [0.15, 0.2) is 48.5 Å². The molecule has 2 aromatic carbocycles. The standard InChI is InChI=1S/C18H19ClN2/c1-13(14-4-8-16(19)9-5-14)21-17-10-6-15(7-11-17)18(2,3)12-20/h4-11,13,21H,1-3H3. The van der Waals surface area contributed by atoms with E-state index in [2.05, 4.69) is 18.3 Å². The van der Waals surface area contributed by atoms with Gasteiger partial charge in [0.15, 0.2) is 0 Å². The largest absolute Gasteiger partial charge is 0.379 e. The molecule has 0 aliphatic heterocycles. The van der Waals surface area contributed by atoms with Crippen LogP contribution in [0.3, 0.4) is 0 Å². The minimum atomic E-state index is -0.458. The fraction of sp³-hybridized carbons (Fsp3) is 0.278. The Bertz CT molecular complexity index is 636. The second-order valence-electron chi connectivity index (χ2n) is 5.73. The summed E-state index contributed by atoms with van der Waals surface area (Å²) in [5, 5.41) is 13.3. The van der Waals surface area contributed by atoms with Crippen molar-refractivity contribution in [2.24, 2.45) is 0 Å². The van der Waals surface area contributed by atoms with Crippen molar-refractivity contribution in [1.29, 1.82) is 5.26 Å². The Morgan fingerprint density at radius 1 is 1.05 bits per heavy atom. The monoisotopic (exact) mass is 298 g/mol. The third-order valence-corrected chi connectivity index (χ3v) is 3.89. The Kier molecular flexibility index (Phi) is 4.55. The molecule has 0 saturated heterocycles. The van der Waals surface area contributed by atoms with Crippen molar-refractivity contribution in [3.63, 3.8) is 0 Å². The van der Waals surface area contributed by atoms with E-state index in [9.17, 15) is 0 Å². The quantitative estimate of drug-likeness (QED) is 0.830. The van der Waals surface area contributed by atoms with E-state index in [1.165, 1.54) is 5.56 Å². The van der Waals surface area contributed by atoms with E-state index in [0.717, 1.165) is 16.3 Å². The summed E-state index contributed by atoms with van der Waals surface area (Å²) in [6, 6.07) is 18.4. The second-order valence-corrected chi connectivity index (χ2v) is 6.17. The fourth-order valence-electron chi connectivity index (χ4n) is 2.13. The van der Waals surface area contributed by atoms with Gasteiger partial charge in [-0.3, -0.25) is 0 Å². The van der Waals surface area contributed by atoms with E-state index in [1.807, 2.05) is 62.4 Å². The number of halogens is 1. The van der Waals surface area contributed by atoms with Crippen molar-refractivity contribution in [3.05, 3.63) is 64.7 Å². The highest BCUT2D eigenvalue weighted by Gasteiger charge is 2.19. The van der Waals surface area contributed by atoms with Gasteiger partial charge in [0.1, 0.15) is 0 Å². The van der Waals surface area contributed by atoms with E-state index in [4.69, 9.17) is 16.9 Å². The number of nitrogens with zero attached hydrogens (tertiary/aromatic N) is 1. The summed E-state index contributed by atoms with van der Waals surface area (Å²) in [4.78, 5) is 0. The van der Waals surface area contributed by atoms with Crippen molar-refractivity contribution in [3.8, 4) is 6.07 Å². The molecule has 0 aliphatic rings. The van der Waals surface area contributed by atoms with Gasteiger partial charge in [0, 0.05) is 16.8 Å². The Morgan fingerprint density at radius 3 is 2.14 bits per heavy atom. The van der Waals surface area contributed by atoms with Gasteiger partial charge < -0.3 is 5.32 Å². The van der Waals surface area contributed by atoms with E-state index >= 15 is 0 Å². The number of rotatable bonds is 4. The highest BCUT2D eigenvalue weighted by atomic mass is 35.5. The summed E-state index contributed by atoms with van der Waals surface area (Å²) in [7, 11) is 0. The SMILES string of the molecule is CC(Nc1ccc(C(C)(C)C#N)cc1)c1ccc(Cl)cc1. The van der Waals surface area contributed by atoms with E-state index in [0.29, 0.717) is 0 Å². The predicted molar refractivity (Wildman–Crippen MR) is 88.6 cm³/mol. The molecule has 1 N–H and O–H groups in total. The molecule has 0 saturated carbocycles. The zero-order chi connectivity index (χ0) is 15.5. The predicted octanol–water partition coefficient (Wildman–Crippen LogP) is 5.31. The topological polar surface area (TPSA) is 35.8 Å². The molecule has 108 valence electrons. The van der Waals surface area contributed by atoms with Gasteiger partial charge in [-0.2, -0.15) is 5.26 Å². The normalized spacial score (nSPS) is 12.5. The van der Waals surface area contributed by atoms with Crippen LogP contribution in [0.5, 0.6) is 0 Å². The van der Waals surface area contributed by atoms with Crippen LogP contribution in [0.1, 0.15) is 37.9 Å². The summed E-state index contributed by atoms with van der Waals surface area (Å²) in [6.07, 6.45) is 0. The van der Waals surface area contributed by atoms with Crippen LogP contribution in [0.4, 0.5) is 5.69 Å². The van der Waals surface area contributed by atoms with Crippen molar-refractivity contribution in [2.75, 3.05) is 5.32 Å². The third kappa shape index (κ3) is 3.77. The molecule has 0 heterocycles. The van der Waals surface area contributed by atoms with Crippen LogP contribution >= 0.6 is 11.6 Å². The number of hydrogen-bond acceptors (Lipinski definition) is 2. The third-order valence-electron chi connectivity index (χ3n) is 3.64. The van der Waals surface area contributed by atoms with Gasteiger partial charge in [0.25, 0.3) is 0 Å². The summed E-state index contributed by atoms with van der Waals surface area (Å²) >= 11 is 5.90. The van der Waals surface area contributed by atoms with Gasteiger partial charge in [0.05, 0.1) is 11.5 Å². The highest BCUT2D eigenvalue weighted by molar-refractivity contribution is 6.30. The molecule has 0 radical (unpaired) electrons. The van der Waals surface area contributed by atoms with Gasteiger partial charge in [-0.25, -0.2) is 0 Å². The molecule has 0 fully saturated rings. The summed E-state index contributed by atoms with van der Waals surface area (Å²) in [5.74, 6) is 0. The number of anilines is 1. The molecule has 3 heteroatoms. The molecular weight excluding hydrogens is 280 g/mol. The molecule has 0 spiro atoms. The highest BCUT2D eigenvalue weighted by Crippen LogP contribution is 2.25. The number of benzene rings is 2. The van der Waals surface area contributed by atoms with Crippen LogP contribution in [0.2, 0.25) is 5.02 Å². The van der Waals surface area contributed by atoms with E-state index in [1.54, 1.807) is 0 Å². The Balaban J connectivity index is 2.10. The molecular formula is C18H19ClN2. The van der Waals surface area contributed by atoms with E-state index < -0.39 is 5.41 Å². The number of hydrogen-bond donors (Lipinski definition) is 1. The van der Waals surface area contributed by atoms with Crippen LogP contribution in [-0.2, 0) is 5.41 Å². The first-order valence-electron chi connectivity index (χ1n) is 6.96. The van der Waals surface area contributed by atoms with Gasteiger partial charge in [-0.1, -0.05) is 35.9 Å². The minimum absolute atomic E-state index is 0.192.